The lowest BCUT2D eigenvalue weighted by molar-refractivity contribution is -0.126. The van der Waals surface area contributed by atoms with E-state index in [1.165, 1.54) is 6.92 Å². The third-order valence-electron chi connectivity index (χ3n) is 3.45. The lowest BCUT2D eigenvalue weighted by Gasteiger charge is -2.21. The lowest BCUT2D eigenvalue weighted by atomic mass is 9.98. The first-order chi connectivity index (χ1) is 9.95. The molecule has 1 atom stereocenters. The predicted octanol–water partition coefficient (Wildman–Crippen LogP) is 1.42. The molecule has 1 heterocycles. The first-order valence-electron chi connectivity index (χ1n) is 6.91. The molecule has 1 unspecified atom stereocenters. The van der Waals surface area contributed by atoms with Crippen LogP contribution in [0.25, 0.3) is 0 Å². The van der Waals surface area contributed by atoms with E-state index < -0.39 is 0 Å². The van der Waals surface area contributed by atoms with Crippen molar-refractivity contribution >= 4 is 29.1 Å². The van der Waals surface area contributed by atoms with Gasteiger partial charge in [-0.2, -0.15) is 0 Å². The molecular weight excluding hydrogens is 270 g/mol. The van der Waals surface area contributed by atoms with Crippen LogP contribution in [0.2, 0.25) is 0 Å². The summed E-state index contributed by atoms with van der Waals surface area (Å²) in [5, 5.41) is 8.24. The summed E-state index contributed by atoms with van der Waals surface area (Å²) in [5.74, 6) is -0.500. The number of hydrogen-bond donors (Lipinski definition) is 3. The van der Waals surface area contributed by atoms with Gasteiger partial charge in [0, 0.05) is 31.3 Å². The van der Waals surface area contributed by atoms with Gasteiger partial charge in [0.2, 0.25) is 17.7 Å². The van der Waals surface area contributed by atoms with Crippen LogP contribution in [0, 0.1) is 12.8 Å². The van der Waals surface area contributed by atoms with Crippen molar-refractivity contribution in [3.8, 4) is 0 Å². The zero-order valence-electron chi connectivity index (χ0n) is 12.2. The molecule has 0 spiro atoms. The normalized spacial score (nSPS) is 17.8. The summed E-state index contributed by atoms with van der Waals surface area (Å²) in [6.45, 7) is 3.69. The van der Waals surface area contributed by atoms with Gasteiger partial charge in [-0.25, -0.2) is 0 Å². The minimum absolute atomic E-state index is 0.0117. The molecule has 1 fully saturated rings. The molecule has 1 aliphatic rings. The minimum Gasteiger partial charge on any atom is -0.355 e. The molecule has 0 radical (unpaired) electrons. The fraction of sp³-hybridized carbons (Fsp3) is 0.400. The Labute approximate surface area is 123 Å². The molecule has 0 saturated carbocycles. The van der Waals surface area contributed by atoms with E-state index in [2.05, 4.69) is 16.0 Å². The maximum absolute atomic E-state index is 12.1. The third kappa shape index (κ3) is 4.05. The number of anilines is 2. The van der Waals surface area contributed by atoms with Gasteiger partial charge in [0.15, 0.2) is 0 Å². The highest BCUT2D eigenvalue weighted by Gasteiger charge is 2.24. The minimum atomic E-state index is -0.215. The van der Waals surface area contributed by atoms with Crippen molar-refractivity contribution in [2.45, 2.75) is 26.7 Å². The van der Waals surface area contributed by atoms with Crippen LogP contribution in [0.1, 0.15) is 25.3 Å². The van der Waals surface area contributed by atoms with Gasteiger partial charge < -0.3 is 16.0 Å². The van der Waals surface area contributed by atoms with Crippen LogP contribution in [-0.4, -0.2) is 24.3 Å². The van der Waals surface area contributed by atoms with Crippen LogP contribution in [-0.2, 0) is 14.4 Å². The maximum atomic E-state index is 12.1. The predicted molar refractivity (Wildman–Crippen MR) is 79.8 cm³/mol. The highest BCUT2D eigenvalue weighted by Crippen LogP contribution is 2.21. The van der Waals surface area contributed by atoms with Crippen molar-refractivity contribution in [1.29, 1.82) is 0 Å². The number of carbonyl (C=O) groups is 3. The van der Waals surface area contributed by atoms with Crippen molar-refractivity contribution in [2.75, 3.05) is 17.2 Å². The summed E-state index contributed by atoms with van der Waals surface area (Å²) in [5.41, 5.74) is 2.23. The average Bonchev–Trinajstić information content (AvgIpc) is 2.42. The van der Waals surface area contributed by atoms with Crippen LogP contribution in [0.15, 0.2) is 18.2 Å². The van der Waals surface area contributed by atoms with Crippen LogP contribution >= 0.6 is 0 Å². The molecule has 0 bridgehead atoms. The molecule has 1 saturated heterocycles. The van der Waals surface area contributed by atoms with Crippen LogP contribution in [0.3, 0.4) is 0 Å². The lowest BCUT2D eigenvalue weighted by Crippen LogP contribution is -2.40. The number of aryl methyl sites for hydroxylation is 1. The SMILES string of the molecule is CC(=O)Nc1cc(NC(=O)C2CCC(=O)NC2)ccc1C. The third-order valence-corrected chi connectivity index (χ3v) is 3.45. The summed E-state index contributed by atoms with van der Waals surface area (Å²) >= 11 is 0. The first-order valence-corrected chi connectivity index (χ1v) is 6.91. The Kier molecular flexibility index (Phi) is 4.57. The highest BCUT2D eigenvalue weighted by atomic mass is 16.2. The number of nitrogens with one attached hydrogen (secondary N) is 3. The molecule has 6 nitrogen and oxygen atoms in total. The molecule has 2 rings (SSSR count). The Balaban J connectivity index is 2.03. The molecule has 21 heavy (non-hydrogen) atoms. The largest absolute Gasteiger partial charge is 0.355 e. The molecule has 0 aliphatic carbocycles. The Morgan fingerprint density at radius 1 is 1.29 bits per heavy atom. The molecule has 0 aromatic heterocycles. The van der Waals surface area contributed by atoms with Gasteiger partial charge >= 0.3 is 0 Å². The van der Waals surface area contributed by atoms with E-state index in [4.69, 9.17) is 0 Å². The van der Waals surface area contributed by atoms with E-state index in [1.807, 2.05) is 13.0 Å². The molecule has 112 valence electrons. The van der Waals surface area contributed by atoms with E-state index in [-0.39, 0.29) is 23.6 Å². The van der Waals surface area contributed by atoms with E-state index in [9.17, 15) is 14.4 Å². The fourth-order valence-electron chi connectivity index (χ4n) is 2.22. The van der Waals surface area contributed by atoms with Crippen molar-refractivity contribution in [2.24, 2.45) is 5.92 Å². The van der Waals surface area contributed by atoms with Crippen molar-refractivity contribution in [1.82, 2.24) is 5.32 Å². The van der Waals surface area contributed by atoms with Gasteiger partial charge in [-0.1, -0.05) is 6.07 Å². The second kappa shape index (κ2) is 6.39. The van der Waals surface area contributed by atoms with Gasteiger partial charge in [-0.3, -0.25) is 14.4 Å². The molecular formula is C15H19N3O3. The van der Waals surface area contributed by atoms with Crippen LogP contribution < -0.4 is 16.0 Å². The summed E-state index contributed by atoms with van der Waals surface area (Å²) < 4.78 is 0. The fourth-order valence-corrected chi connectivity index (χ4v) is 2.22. The van der Waals surface area contributed by atoms with E-state index >= 15 is 0 Å². The zero-order valence-corrected chi connectivity index (χ0v) is 12.2. The van der Waals surface area contributed by atoms with E-state index in [1.54, 1.807) is 12.1 Å². The van der Waals surface area contributed by atoms with Gasteiger partial charge in [0.25, 0.3) is 0 Å². The van der Waals surface area contributed by atoms with Crippen LogP contribution in [0.4, 0.5) is 11.4 Å². The molecule has 3 amide bonds. The molecule has 6 heteroatoms. The Hall–Kier alpha value is -2.37. The number of hydrogen-bond acceptors (Lipinski definition) is 3. The van der Waals surface area contributed by atoms with Gasteiger partial charge in [0.1, 0.15) is 0 Å². The Morgan fingerprint density at radius 3 is 2.67 bits per heavy atom. The number of benzene rings is 1. The highest BCUT2D eigenvalue weighted by molar-refractivity contribution is 5.96. The number of carbonyl (C=O) groups excluding carboxylic acids is 3. The van der Waals surface area contributed by atoms with Crippen LogP contribution in [0.5, 0.6) is 0 Å². The van der Waals surface area contributed by atoms with Crippen molar-refractivity contribution in [3.63, 3.8) is 0 Å². The summed E-state index contributed by atoms with van der Waals surface area (Å²) in [6, 6.07) is 5.36. The second-order valence-electron chi connectivity index (χ2n) is 5.24. The molecule has 1 aliphatic heterocycles. The van der Waals surface area contributed by atoms with Gasteiger partial charge in [-0.05, 0) is 31.0 Å². The molecule has 1 aromatic carbocycles. The standard InChI is InChI=1S/C15H19N3O3/c1-9-3-5-12(7-13(9)17-10(2)19)18-15(21)11-4-6-14(20)16-8-11/h3,5,7,11H,4,6,8H2,1-2H3,(H,16,20)(H,17,19)(H,18,21). The maximum Gasteiger partial charge on any atom is 0.229 e. The average molecular weight is 289 g/mol. The van der Waals surface area contributed by atoms with Crippen molar-refractivity contribution in [3.05, 3.63) is 23.8 Å². The smallest absolute Gasteiger partial charge is 0.229 e. The van der Waals surface area contributed by atoms with Crippen molar-refractivity contribution < 1.29 is 14.4 Å². The Bertz CT molecular complexity index is 574. The number of amides is 3. The quantitative estimate of drug-likeness (QED) is 0.786. The number of piperidine rings is 1. The van der Waals surface area contributed by atoms with E-state index in [0.29, 0.717) is 30.8 Å². The summed E-state index contributed by atoms with van der Waals surface area (Å²) in [6.07, 6.45) is 0.936. The Morgan fingerprint density at radius 2 is 2.05 bits per heavy atom. The molecule has 3 N–H and O–H groups in total. The second-order valence-corrected chi connectivity index (χ2v) is 5.24. The number of rotatable bonds is 3. The topological polar surface area (TPSA) is 87.3 Å². The first kappa shape index (κ1) is 15.0. The summed E-state index contributed by atoms with van der Waals surface area (Å²) in [4.78, 5) is 34.4. The summed E-state index contributed by atoms with van der Waals surface area (Å²) in [7, 11) is 0. The zero-order chi connectivity index (χ0) is 15.4. The van der Waals surface area contributed by atoms with Gasteiger partial charge in [0.05, 0.1) is 5.92 Å². The molecule has 1 aromatic rings. The van der Waals surface area contributed by atoms with Gasteiger partial charge in [-0.15, -0.1) is 0 Å². The van der Waals surface area contributed by atoms with E-state index in [0.717, 1.165) is 5.56 Å². The monoisotopic (exact) mass is 289 g/mol.